The summed E-state index contributed by atoms with van der Waals surface area (Å²) < 4.78 is 0. The molecule has 0 fully saturated rings. The van der Waals surface area contributed by atoms with Crippen molar-refractivity contribution >= 4 is 0 Å². The Kier molecular flexibility index (Phi) is 26.9. The van der Waals surface area contributed by atoms with Crippen molar-refractivity contribution in [2.45, 2.75) is 213 Å². The Morgan fingerprint density at radius 1 is 0.333 bits per heavy atom. The zero-order valence-corrected chi connectivity index (χ0v) is 27.5. The Morgan fingerprint density at radius 3 is 0.897 bits per heavy atom. The van der Waals surface area contributed by atoms with Crippen LogP contribution in [0.5, 0.6) is 0 Å². The highest BCUT2D eigenvalue weighted by atomic mass is 15.4. The van der Waals surface area contributed by atoms with Gasteiger partial charge in [-0.15, -0.1) is 0 Å². The quantitative estimate of drug-likeness (QED) is 0.0798. The third-order valence-electron chi connectivity index (χ3n) is 9.07. The maximum Gasteiger partial charge on any atom is 0.101 e. The van der Waals surface area contributed by atoms with Gasteiger partial charge in [-0.05, 0) is 25.7 Å². The molecular weight excluding hydrogens is 472 g/mol. The predicted molar refractivity (Wildman–Crippen MR) is 177 cm³/mol. The van der Waals surface area contributed by atoms with E-state index in [0.717, 1.165) is 0 Å². The highest BCUT2D eigenvalue weighted by molar-refractivity contribution is 4.97. The highest BCUT2D eigenvalue weighted by Gasteiger charge is 2.24. The Morgan fingerprint density at radius 2 is 0.590 bits per heavy atom. The van der Waals surface area contributed by atoms with E-state index in [9.17, 15) is 0 Å². The molecule has 0 aliphatic carbocycles. The number of hydrogen-bond donors (Lipinski definition) is 0. The SMILES string of the molecule is CCCCCCCCCCCCCCCCC1N(CCCCCCCCC)C=CN1CCCCCCCCC. The van der Waals surface area contributed by atoms with Crippen molar-refractivity contribution in [1.29, 1.82) is 0 Å². The lowest BCUT2D eigenvalue weighted by Crippen LogP contribution is -2.39. The maximum absolute atomic E-state index is 2.70. The summed E-state index contributed by atoms with van der Waals surface area (Å²) in [4.78, 5) is 5.41. The van der Waals surface area contributed by atoms with Crippen LogP contribution in [0.15, 0.2) is 12.4 Å². The molecule has 0 aromatic rings. The van der Waals surface area contributed by atoms with E-state index in [4.69, 9.17) is 0 Å². The molecule has 0 amide bonds. The summed E-state index contributed by atoms with van der Waals surface area (Å²) in [5.41, 5.74) is 0. The average Bonchev–Trinajstić information content (AvgIpc) is 3.33. The molecular formula is C37H74N2. The Balaban J connectivity index is 2.19. The predicted octanol–water partition coefficient (Wildman–Crippen LogP) is 12.8. The summed E-state index contributed by atoms with van der Waals surface area (Å²) >= 11 is 0. The van der Waals surface area contributed by atoms with Crippen molar-refractivity contribution in [2.24, 2.45) is 0 Å². The van der Waals surface area contributed by atoms with Crippen LogP contribution < -0.4 is 0 Å². The van der Waals surface area contributed by atoms with Crippen molar-refractivity contribution in [3.8, 4) is 0 Å². The molecule has 1 aliphatic rings. The summed E-state index contributed by atoms with van der Waals surface area (Å²) in [5, 5.41) is 0. The fourth-order valence-electron chi connectivity index (χ4n) is 6.36. The molecule has 0 unspecified atom stereocenters. The van der Waals surface area contributed by atoms with Gasteiger partial charge in [0, 0.05) is 25.5 Å². The van der Waals surface area contributed by atoms with E-state index >= 15 is 0 Å². The molecule has 2 nitrogen and oxygen atoms in total. The molecule has 0 aromatic heterocycles. The lowest BCUT2D eigenvalue weighted by Gasteiger charge is -2.33. The molecule has 1 heterocycles. The first-order chi connectivity index (χ1) is 19.3. The molecule has 0 aromatic carbocycles. The summed E-state index contributed by atoms with van der Waals surface area (Å²) in [6.07, 6.45) is 47.0. The standard InChI is InChI=1S/C37H74N2/c1-4-7-10-13-16-17-18-19-20-21-22-23-26-29-32-37-38(33-30-27-24-14-11-8-5-2)35-36-39(37)34-31-28-25-15-12-9-6-3/h35-37H,4-34H2,1-3H3. The van der Waals surface area contributed by atoms with Crippen LogP contribution in [0.4, 0.5) is 0 Å². The Bertz CT molecular complexity index is 474. The monoisotopic (exact) mass is 547 g/mol. The van der Waals surface area contributed by atoms with Gasteiger partial charge in [-0.25, -0.2) is 0 Å². The van der Waals surface area contributed by atoms with Crippen LogP contribution in [0.1, 0.15) is 207 Å². The van der Waals surface area contributed by atoms with Crippen LogP contribution in [-0.4, -0.2) is 29.1 Å². The molecule has 0 saturated carbocycles. The zero-order valence-electron chi connectivity index (χ0n) is 27.5. The van der Waals surface area contributed by atoms with Crippen molar-refractivity contribution in [3.63, 3.8) is 0 Å². The van der Waals surface area contributed by atoms with Crippen LogP contribution in [0, 0.1) is 0 Å². The van der Waals surface area contributed by atoms with E-state index in [2.05, 4.69) is 43.0 Å². The minimum atomic E-state index is 0.641. The smallest absolute Gasteiger partial charge is 0.101 e. The van der Waals surface area contributed by atoms with Gasteiger partial charge >= 0.3 is 0 Å². The van der Waals surface area contributed by atoms with Crippen LogP contribution in [-0.2, 0) is 0 Å². The number of hydrogen-bond acceptors (Lipinski definition) is 2. The Labute approximate surface area is 248 Å². The van der Waals surface area contributed by atoms with E-state index in [-0.39, 0.29) is 0 Å². The minimum Gasteiger partial charge on any atom is -0.356 e. The lowest BCUT2D eigenvalue weighted by atomic mass is 10.0. The summed E-state index contributed by atoms with van der Waals surface area (Å²) in [7, 11) is 0. The molecule has 1 aliphatic heterocycles. The van der Waals surface area contributed by atoms with Crippen LogP contribution in [0.2, 0.25) is 0 Å². The molecule has 0 N–H and O–H groups in total. The second-order valence-corrected chi connectivity index (χ2v) is 12.9. The first-order valence-electron chi connectivity index (χ1n) is 18.5. The number of rotatable bonds is 31. The van der Waals surface area contributed by atoms with Gasteiger partial charge in [-0.2, -0.15) is 0 Å². The molecule has 2 heteroatoms. The molecule has 0 spiro atoms. The third kappa shape index (κ3) is 21.7. The Hall–Kier alpha value is -0.660. The molecule has 0 radical (unpaired) electrons. The van der Waals surface area contributed by atoms with Crippen LogP contribution >= 0.6 is 0 Å². The van der Waals surface area contributed by atoms with Gasteiger partial charge in [-0.1, -0.05) is 181 Å². The molecule has 0 bridgehead atoms. The van der Waals surface area contributed by atoms with Gasteiger partial charge in [0.25, 0.3) is 0 Å². The zero-order chi connectivity index (χ0) is 28.1. The fourth-order valence-corrected chi connectivity index (χ4v) is 6.36. The molecule has 1 rings (SSSR count). The highest BCUT2D eigenvalue weighted by Crippen LogP contribution is 2.24. The molecule has 232 valence electrons. The molecule has 0 saturated heterocycles. The van der Waals surface area contributed by atoms with Gasteiger partial charge in [-0.3, -0.25) is 0 Å². The topological polar surface area (TPSA) is 6.48 Å². The first-order valence-corrected chi connectivity index (χ1v) is 18.5. The normalized spacial score (nSPS) is 13.8. The summed E-state index contributed by atoms with van der Waals surface area (Å²) in [6.45, 7) is 9.47. The van der Waals surface area contributed by atoms with Crippen LogP contribution in [0.3, 0.4) is 0 Å². The average molecular weight is 547 g/mol. The van der Waals surface area contributed by atoms with Crippen molar-refractivity contribution in [3.05, 3.63) is 12.4 Å². The van der Waals surface area contributed by atoms with Gasteiger partial charge in [0.2, 0.25) is 0 Å². The van der Waals surface area contributed by atoms with E-state index < -0.39 is 0 Å². The van der Waals surface area contributed by atoms with E-state index in [1.54, 1.807) is 0 Å². The maximum atomic E-state index is 2.70. The largest absolute Gasteiger partial charge is 0.356 e. The molecule has 0 atom stereocenters. The number of nitrogens with zero attached hydrogens (tertiary/aromatic N) is 2. The van der Waals surface area contributed by atoms with Crippen LogP contribution in [0.25, 0.3) is 0 Å². The van der Waals surface area contributed by atoms with E-state index in [1.165, 1.54) is 199 Å². The second-order valence-electron chi connectivity index (χ2n) is 12.9. The van der Waals surface area contributed by atoms with Gasteiger partial charge in [0.15, 0.2) is 0 Å². The van der Waals surface area contributed by atoms with Crippen molar-refractivity contribution in [1.82, 2.24) is 9.80 Å². The van der Waals surface area contributed by atoms with Gasteiger partial charge in [0.05, 0.1) is 0 Å². The fraction of sp³-hybridized carbons (Fsp3) is 0.946. The second kappa shape index (κ2) is 28.9. The summed E-state index contributed by atoms with van der Waals surface area (Å²) in [6, 6.07) is 0. The number of unbranched alkanes of at least 4 members (excludes halogenated alkanes) is 25. The third-order valence-corrected chi connectivity index (χ3v) is 9.07. The lowest BCUT2D eigenvalue weighted by molar-refractivity contribution is 0.135. The molecule has 39 heavy (non-hydrogen) atoms. The van der Waals surface area contributed by atoms with E-state index in [0.29, 0.717) is 6.17 Å². The van der Waals surface area contributed by atoms with Crippen molar-refractivity contribution < 1.29 is 0 Å². The first kappa shape index (κ1) is 36.4. The van der Waals surface area contributed by atoms with Gasteiger partial charge in [0.1, 0.15) is 6.17 Å². The summed E-state index contributed by atoms with van der Waals surface area (Å²) in [5.74, 6) is 0. The van der Waals surface area contributed by atoms with E-state index in [1.807, 2.05) is 0 Å². The van der Waals surface area contributed by atoms with Gasteiger partial charge < -0.3 is 9.80 Å². The van der Waals surface area contributed by atoms with Crippen molar-refractivity contribution in [2.75, 3.05) is 13.1 Å². The minimum absolute atomic E-state index is 0.641.